The Hall–Kier alpha value is -3.15. The van der Waals surface area contributed by atoms with E-state index in [9.17, 15) is 4.79 Å². The summed E-state index contributed by atoms with van der Waals surface area (Å²) >= 11 is 0. The Balaban J connectivity index is 1.19. The van der Waals surface area contributed by atoms with Crippen molar-refractivity contribution in [2.24, 2.45) is 0 Å². The Morgan fingerprint density at radius 3 is 2.22 bits per heavy atom. The molecule has 2 fully saturated rings. The molecule has 0 N–H and O–H groups in total. The summed E-state index contributed by atoms with van der Waals surface area (Å²) in [5.41, 5.74) is 4.84. The summed E-state index contributed by atoms with van der Waals surface area (Å²) in [4.78, 5) is 20.5. The molecule has 3 aromatic rings. The quantitative estimate of drug-likeness (QED) is 0.471. The number of carbonyl (C=O) groups excluding carboxylic acids is 1. The van der Waals surface area contributed by atoms with Crippen molar-refractivity contribution >= 4 is 5.91 Å². The van der Waals surface area contributed by atoms with Crippen molar-refractivity contribution in [1.29, 1.82) is 0 Å². The largest absolute Gasteiger partial charge is 0.496 e. The molecule has 36 heavy (non-hydrogen) atoms. The van der Waals surface area contributed by atoms with Crippen LogP contribution in [0.5, 0.6) is 5.75 Å². The molecule has 5 nitrogen and oxygen atoms in total. The zero-order valence-corrected chi connectivity index (χ0v) is 21.3. The van der Waals surface area contributed by atoms with Crippen molar-refractivity contribution < 1.29 is 9.53 Å². The third-order valence-electron chi connectivity index (χ3n) is 7.59. The van der Waals surface area contributed by atoms with Crippen molar-refractivity contribution in [3.8, 4) is 16.9 Å². The molecule has 188 valence electrons. The first-order chi connectivity index (χ1) is 17.7. The van der Waals surface area contributed by atoms with E-state index in [1.54, 1.807) is 7.11 Å². The van der Waals surface area contributed by atoms with E-state index >= 15 is 0 Å². The minimum atomic E-state index is -0.00619. The molecule has 1 atom stereocenters. The van der Waals surface area contributed by atoms with Gasteiger partial charge in [0.15, 0.2) is 0 Å². The molecule has 1 unspecified atom stereocenters. The monoisotopic (exact) mass is 483 g/mol. The molecule has 2 aliphatic rings. The van der Waals surface area contributed by atoms with E-state index in [-0.39, 0.29) is 6.04 Å². The number of hydrogen-bond donors (Lipinski definition) is 0. The number of carbonyl (C=O) groups is 1. The highest BCUT2D eigenvalue weighted by Crippen LogP contribution is 2.30. The fourth-order valence-corrected chi connectivity index (χ4v) is 5.55. The molecular formula is C31H37N3O2. The standard InChI is InChI=1S/C31H37N3O2/c1-36-30-13-6-5-11-28(30)27-16-14-26(15-17-27)24-34-18-8-7-12-29(34)31(35)33-21-19-32(20-22-33)23-25-9-3-2-4-10-25/h2-6,9-11,13-17,29H,7-8,12,18-24H2,1H3. The van der Waals surface area contributed by atoms with Crippen LogP contribution < -0.4 is 4.74 Å². The summed E-state index contributed by atoms with van der Waals surface area (Å²) in [6.45, 7) is 6.29. The Morgan fingerprint density at radius 2 is 1.47 bits per heavy atom. The second-order valence-corrected chi connectivity index (χ2v) is 9.97. The van der Waals surface area contributed by atoms with Crippen molar-refractivity contribution in [1.82, 2.24) is 14.7 Å². The maximum absolute atomic E-state index is 13.6. The Kier molecular flexibility index (Phi) is 7.99. The van der Waals surface area contributed by atoms with Crippen molar-refractivity contribution in [2.45, 2.75) is 38.4 Å². The zero-order valence-electron chi connectivity index (χ0n) is 21.3. The number of hydrogen-bond acceptors (Lipinski definition) is 4. The molecule has 1 amide bonds. The highest BCUT2D eigenvalue weighted by Gasteiger charge is 2.33. The van der Waals surface area contributed by atoms with Crippen LogP contribution in [0, 0.1) is 0 Å². The van der Waals surface area contributed by atoms with Gasteiger partial charge in [-0.05, 0) is 42.1 Å². The number of para-hydroxylation sites is 1. The van der Waals surface area contributed by atoms with Gasteiger partial charge in [0.05, 0.1) is 13.2 Å². The van der Waals surface area contributed by atoms with Crippen LogP contribution >= 0.6 is 0 Å². The fourth-order valence-electron chi connectivity index (χ4n) is 5.55. The van der Waals surface area contributed by atoms with Crippen LogP contribution in [0.1, 0.15) is 30.4 Å². The maximum atomic E-state index is 13.6. The predicted molar refractivity (Wildman–Crippen MR) is 145 cm³/mol. The zero-order chi connectivity index (χ0) is 24.7. The lowest BCUT2D eigenvalue weighted by Crippen LogP contribution is -2.55. The average molecular weight is 484 g/mol. The summed E-state index contributed by atoms with van der Waals surface area (Å²) in [5.74, 6) is 1.20. The van der Waals surface area contributed by atoms with E-state index in [0.717, 1.165) is 82.0 Å². The second kappa shape index (κ2) is 11.7. The topological polar surface area (TPSA) is 36.0 Å². The molecule has 3 aromatic carbocycles. The van der Waals surface area contributed by atoms with Gasteiger partial charge in [0.2, 0.25) is 5.91 Å². The van der Waals surface area contributed by atoms with Gasteiger partial charge in [-0.25, -0.2) is 0 Å². The van der Waals surface area contributed by atoms with Gasteiger partial charge >= 0.3 is 0 Å². The van der Waals surface area contributed by atoms with Gasteiger partial charge in [-0.3, -0.25) is 14.6 Å². The van der Waals surface area contributed by atoms with Gasteiger partial charge in [-0.15, -0.1) is 0 Å². The van der Waals surface area contributed by atoms with Gasteiger partial charge in [0.25, 0.3) is 0 Å². The van der Waals surface area contributed by atoms with E-state index in [1.165, 1.54) is 11.1 Å². The molecule has 5 rings (SSSR count). The molecule has 0 saturated carbocycles. The van der Waals surface area contributed by atoms with E-state index in [1.807, 2.05) is 18.2 Å². The van der Waals surface area contributed by atoms with Gasteiger partial charge in [0, 0.05) is 44.8 Å². The molecule has 2 aliphatic heterocycles. The SMILES string of the molecule is COc1ccccc1-c1ccc(CN2CCCCC2C(=O)N2CCN(Cc3ccccc3)CC2)cc1. The van der Waals surface area contributed by atoms with Gasteiger partial charge in [-0.1, -0.05) is 79.2 Å². The highest BCUT2D eigenvalue weighted by atomic mass is 16.5. The average Bonchev–Trinajstić information content (AvgIpc) is 2.94. The summed E-state index contributed by atoms with van der Waals surface area (Å²) in [6, 6.07) is 27.4. The maximum Gasteiger partial charge on any atom is 0.240 e. The van der Waals surface area contributed by atoms with Crippen LogP contribution in [0.3, 0.4) is 0 Å². The summed E-state index contributed by atoms with van der Waals surface area (Å²) in [6.07, 6.45) is 3.25. The van der Waals surface area contributed by atoms with Crippen molar-refractivity contribution in [3.63, 3.8) is 0 Å². The van der Waals surface area contributed by atoms with E-state index in [4.69, 9.17) is 4.74 Å². The highest BCUT2D eigenvalue weighted by molar-refractivity contribution is 5.82. The lowest BCUT2D eigenvalue weighted by atomic mass is 9.98. The number of piperidine rings is 1. The molecule has 0 aliphatic carbocycles. The minimum absolute atomic E-state index is 0.00619. The smallest absolute Gasteiger partial charge is 0.240 e. The minimum Gasteiger partial charge on any atom is -0.496 e. The van der Waals surface area contributed by atoms with Gasteiger partial charge in [-0.2, -0.15) is 0 Å². The van der Waals surface area contributed by atoms with Crippen molar-refractivity contribution in [3.05, 3.63) is 90.0 Å². The number of methoxy groups -OCH3 is 1. The molecule has 0 aromatic heterocycles. The lowest BCUT2D eigenvalue weighted by Gasteiger charge is -2.41. The third kappa shape index (κ3) is 5.80. The number of ether oxygens (including phenoxy) is 1. The Labute approximate surface area is 215 Å². The van der Waals surface area contributed by atoms with Crippen LogP contribution in [0.25, 0.3) is 11.1 Å². The summed E-state index contributed by atoms with van der Waals surface area (Å²) < 4.78 is 5.53. The van der Waals surface area contributed by atoms with E-state index < -0.39 is 0 Å². The first-order valence-electron chi connectivity index (χ1n) is 13.2. The van der Waals surface area contributed by atoms with Crippen LogP contribution in [-0.4, -0.2) is 66.5 Å². The van der Waals surface area contributed by atoms with Crippen molar-refractivity contribution in [2.75, 3.05) is 39.8 Å². The lowest BCUT2D eigenvalue weighted by molar-refractivity contribution is -0.140. The molecule has 0 bridgehead atoms. The third-order valence-corrected chi connectivity index (χ3v) is 7.59. The Bertz CT molecular complexity index is 1120. The molecule has 5 heteroatoms. The number of benzene rings is 3. The summed E-state index contributed by atoms with van der Waals surface area (Å²) in [7, 11) is 1.71. The van der Waals surface area contributed by atoms with Crippen LogP contribution in [0.15, 0.2) is 78.9 Å². The van der Waals surface area contributed by atoms with E-state index in [2.05, 4.69) is 75.4 Å². The number of nitrogens with zero attached hydrogens (tertiary/aromatic N) is 3. The number of piperazine rings is 1. The summed E-state index contributed by atoms with van der Waals surface area (Å²) in [5, 5.41) is 0. The molecule has 0 radical (unpaired) electrons. The normalized spacial score (nSPS) is 19.2. The molecule has 0 spiro atoms. The van der Waals surface area contributed by atoms with Gasteiger partial charge < -0.3 is 9.64 Å². The van der Waals surface area contributed by atoms with E-state index in [0.29, 0.717) is 5.91 Å². The first-order valence-corrected chi connectivity index (χ1v) is 13.2. The van der Waals surface area contributed by atoms with Crippen LogP contribution in [0.2, 0.25) is 0 Å². The molecular weight excluding hydrogens is 446 g/mol. The predicted octanol–water partition coefficient (Wildman–Crippen LogP) is 5.06. The number of likely N-dealkylation sites (tertiary alicyclic amines) is 1. The number of rotatable bonds is 7. The first kappa shape index (κ1) is 24.5. The van der Waals surface area contributed by atoms with Gasteiger partial charge in [0.1, 0.15) is 5.75 Å². The Morgan fingerprint density at radius 1 is 0.778 bits per heavy atom. The second-order valence-electron chi connectivity index (χ2n) is 9.97. The number of amides is 1. The van der Waals surface area contributed by atoms with Crippen LogP contribution in [-0.2, 0) is 17.9 Å². The van der Waals surface area contributed by atoms with Crippen LogP contribution in [0.4, 0.5) is 0 Å². The fraction of sp³-hybridized carbons (Fsp3) is 0.387. The molecule has 2 heterocycles. The molecule has 2 saturated heterocycles.